The van der Waals surface area contributed by atoms with Gasteiger partial charge < -0.3 is 15.4 Å². The molecule has 1 fully saturated rings. The summed E-state index contributed by atoms with van der Waals surface area (Å²) in [5.41, 5.74) is 7.04. The average Bonchev–Trinajstić information content (AvgIpc) is 2.70. The van der Waals surface area contributed by atoms with Gasteiger partial charge in [0.15, 0.2) is 11.6 Å². The largest absolute Gasteiger partial charge is 0.491 e. The zero-order chi connectivity index (χ0) is 13.9. The standard InChI is InChI=1S/C15H23FN2O/c1-3-19-14-5-4-12(10-13(14)16)6-8-18-9-7-15(2,17)11-18/h4-5,10H,3,6-9,11,17H2,1-2H3/t15-/m1/s1. The highest BCUT2D eigenvalue weighted by Gasteiger charge is 2.29. The van der Waals surface area contributed by atoms with E-state index in [1.807, 2.05) is 13.0 Å². The highest BCUT2D eigenvalue weighted by molar-refractivity contribution is 5.29. The fraction of sp³-hybridized carbons (Fsp3) is 0.600. The van der Waals surface area contributed by atoms with Crippen molar-refractivity contribution in [1.29, 1.82) is 0 Å². The molecule has 0 radical (unpaired) electrons. The predicted octanol–water partition coefficient (Wildman–Crippen LogP) is 2.19. The minimum atomic E-state index is -0.274. The number of nitrogens with zero attached hydrogens (tertiary/aromatic N) is 1. The number of hydrogen-bond donors (Lipinski definition) is 1. The average molecular weight is 266 g/mol. The second-order valence-electron chi connectivity index (χ2n) is 5.63. The zero-order valence-electron chi connectivity index (χ0n) is 11.8. The van der Waals surface area contributed by atoms with Gasteiger partial charge in [0.05, 0.1) is 6.61 Å². The van der Waals surface area contributed by atoms with Gasteiger partial charge in [-0.2, -0.15) is 0 Å². The minimum absolute atomic E-state index is 0.0654. The summed E-state index contributed by atoms with van der Waals surface area (Å²) in [5, 5.41) is 0. The Morgan fingerprint density at radius 1 is 1.47 bits per heavy atom. The molecule has 0 spiro atoms. The Labute approximate surface area is 114 Å². The Kier molecular flexibility index (Phi) is 4.42. The molecule has 0 amide bonds. The van der Waals surface area contributed by atoms with Crippen LogP contribution in [0.2, 0.25) is 0 Å². The van der Waals surface area contributed by atoms with Gasteiger partial charge in [0.25, 0.3) is 0 Å². The van der Waals surface area contributed by atoms with Gasteiger partial charge in [-0.05, 0) is 44.4 Å². The van der Waals surface area contributed by atoms with Gasteiger partial charge in [-0.3, -0.25) is 0 Å². The van der Waals surface area contributed by atoms with Crippen molar-refractivity contribution in [2.45, 2.75) is 32.2 Å². The number of nitrogens with two attached hydrogens (primary N) is 1. The molecular formula is C15H23FN2O. The highest BCUT2D eigenvalue weighted by Crippen LogP contribution is 2.20. The van der Waals surface area contributed by atoms with Gasteiger partial charge in [0.2, 0.25) is 0 Å². The van der Waals surface area contributed by atoms with Crippen LogP contribution in [-0.4, -0.2) is 36.7 Å². The van der Waals surface area contributed by atoms with Gasteiger partial charge in [0, 0.05) is 25.2 Å². The zero-order valence-corrected chi connectivity index (χ0v) is 11.8. The summed E-state index contributed by atoms with van der Waals surface area (Å²) < 4.78 is 18.9. The Bertz CT molecular complexity index is 434. The van der Waals surface area contributed by atoms with Crippen LogP contribution in [0.15, 0.2) is 18.2 Å². The molecule has 1 atom stereocenters. The molecule has 0 saturated carbocycles. The first-order valence-electron chi connectivity index (χ1n) is 6.92. The number of halogens is 1. The Hall–Kier alpha value is -1.13. The fourth-order valence-corrected chi connectivity index (χ4v) is 2.53. The summed E-state index contributed by atoms with van der Waals surface area (Å²) in [6, 6.07) is 5.22. The Morgan fingerprint density at radius 2 is 2.26 bits per heavy atom. The third-order valence-corrected chi connectivity index (χ3v) is 3.60. The first kappa shape index (κ1) is 14.3. The highest BCUT2D eigenvalue weighted by atomic mass is 19.1. The van der Waals surface area contributed by atoms with Gasteiger partial charge >= 0.3 is 0 Å². The van der Waals surface area contributed by atoms with Crippen molar-refractivity contribution in [1.82, 2.24) is 4.90 Å². The van der Waals surface area contributed by atoms with Crippen molar-refractivity contribution in [3.05, 3.63) is 29.6 Å². The molecule has 0 unspecified atom stereocenters. The number of likely N-dealkylation sites (tertiary alicyclic amines) is 1. The first-order valence-corrected chi connectivity index (χ1v) is 6.92. The van der Waals surface area contributed by atoms with Crippen molar-refractivity contribution in [3.8, 4) is 5.75 Å². The van der Waals surface area contributed by atoms with E-state index in [2.05, 4.69) is 11.8 Å². The predicted molar refractivity (Wildman–Crippen MR) is 74.9 cm³/mol. The van der Waals surface area contributed by atoms with E-state index in [0.29, 0.717) is 12.4 Å². The lowest BCUT2D eigenvalue weighted by Crippen LogP contribution is -2.39. The van der Waals surface area contributed by atoms with E-state index >= 15 is 0 Å². The molecule has 1 aliphatic rings. The maximum absolute atomic E-state index is 13.7. The van der Waals surface area contributed by atoms with E-state index in [0.717, 1.165) is 38.0 Å². The fourth-order valence-electron chi connectivity index (χ4n) is 2.53. The maximum Gasteiger partial charge on any atom is 0.165 e. The number of ether oxygens (including phenoxy) is 1. The molecule has 0 aliphatic carbocycles. The lowest BCUT2D eigenvalue weighted by Gasteiger charge is -2.19. The number of benzene rings is 1. The van der Waals surface area contributed by atoms with Crippen LogP contribution < -0.4 is 10.5 Å². The third-order valence-electron chi connectivity index (χ3n) is 3.60. The SMILES string of the molecule is CCOc1ccc(CCN2CC[C@@](C)(N)C2)cc1F. The normalized spacial score (nSPS) is 23.8. The van der Waals surface area contributed by atoms with E-state index < -0.39 is 0 Å². The summed E-state index contributed by atoms with van der Waals surface area (Å²) >= 11 is 0. The number of hydrogen-bond acceptors (Lipinski definition) is 3. The van der Waals surface area contributed by atoms with E-state index in [-0.39, 0.29) is 11.4 Å². The van der Waals surface area contributed by atoms with Gasteiger partial charge in [0.1, 0.15) is 0 Å². The second kappa shape index (κ2) is 5.88. The van der Waals surface area contributed by atoms with Gasteiger partial charge in [-0.15, -0.1) is 0 Å². The summed E-state index contributed by atoms with van der Waals surface area (Å²) in [6.07, 6.45) is 1.88. The van der Waals surface area contributed by atoms with Crippen LogP contribution in [0.3, 0.4) is 0 Å². The first-order chi connectivity index (χ1) is 9.00. The quantitative estimate of drug-likeness (QED) is 0.888. The van der Waals surface area contributed by atoms with E-state index in [1.165, 1.54) is 0 Å². The van der Waals surface area contributed by atoms with Crippen molar-refractivity contribution >= 4 is 0 Å². The summed E-state index contributed by atoms with van der Waals surface area (Å²) in [4.78, 5) is 2.34. The van der Waals surface area contributed by atoms with Crippen molar-refractivity contribution in [2.24, 2.45) is 5.73 Å². The molecule has 1 heterocycles. The van der Waals surface area contributed by atoms with Crippen LogP contribution in [0.1, 0.15) is 25.8 Å². The maximum atomic E-state index is 13.7. The molecule has 1 aromatic rings. The van der Waals surface area contributed by atoms with E-state index in [4.69, 9.17) is 10.5 Å². The Morgan fingerprint density at radius 3 is 2.84 bits per heavy atom. The molecule has 19 heavy (non-hydrogen) atoms. The molecule has 106 valence electrons. The molecule has 2 N–H and O–H groups in total. The molecule has 1 aromatic carbocycles. The van der Waals surface area contributed by atoms with Gasteiger partial charge in [-0.25, -0.2) is 4.39 Å². The smallest absolute Gasteiger partial charge is 0.165 e. The van der Waals surface area contributed by atoms with Crippen molar-refractivity contribution < 1.29 is 9.13 Å². The molecule has 0 bridgehead atoms. The Balaban J connectivity index is 1.88. The minimum Gasteiger partial charge on any atom is -0.491 e. The van der Waals surface area contributed by atoms with Crippen LogP contribution in [-0.2, 0) is 6.42 Å². The van der Waals surface area contributed by atoms with Crippen LogP contribution in [0.5, 0.6) is 5.75 Å². The summed E-state index contributed by atoms with van der Waals surface area (Å²) in [5.74, 6) is 0.0615. The van der Waals surface area contributed by atoms with Crippen LogP contribution in [0.25, 0.3) is 0 Å². The molecule has 4 heteroatoms. The topological polar surface area (TPSA) is 38.5 Å². The van der Waals surface area contributed by atoms with Crippen LogP contribution in [0.4, 0.5) is 4.39 Å². The second-order valence-corrected chi connectivity index (χ2v) is 5.63. The summed E-state index contributed by atoms with van der Waals surface area (Å²) in [7, 11) is 0. The van der Waals surface area contributed by atoms with E-state index in [1.54, 1.807) is 12.1 Å². The molecule has 0 aromatic heterocycles. The lowest BCUT2D eigenvalue weighted by atomic mass is 10.0. The molecular weight excluding hydrogens is 243 g/mol. The molecule has 2 rings (SSSR count). The molecule has 1 aliphatic heterocycles. The third kappa shape index (κ3) is 3.91. The summed E-state index contributed by atoms with van der Waals surface area (Å²) in [6.45, 7) is 7.31. The van der Waals surface area contributed by atoms with Crippen molar-refractivity contribution in [3.63, 3.8) is 0 Å². The van der Waals surface area contributed by atoms with Crippen molar-refractivity contribution in [2.75, 3.05) is 26.2 Å². The lowest BCUT2D eigenvalue weighted by molar-refractivity contribution is 0.317. The molecule has 3 nitrogen and oxygen atoms in total. The van der Waals surface area contributed by atoms with E-state index in [9.17, 15) is 4.39 Å². The van der Waals surface area contributed by atoms with Crippen LogP contribution in [0, 0.1) is 5.82 Å². The monoisotopic (exact) mass is 266 g/mol. The van der Waals surface area contributed by atoms with Crippen LogP contribution >= 0.6 is 0 Å². The molecule has 1 saturated heterocycles. The van der Waals surface area contributed by atoms with Gasteiger partial charge in [-0.1, -0.05) is 6.07 Å². The number of rotatable bonds is 5.